The number of carbonyl (C=O) groups excluding carboxylic acids is 1. The summed E-state index contributed by atoms with van der Waals surface area (Å²) in [5, 5.41) is 2.77. The molecule has 1 amide bonds. The number of carbonyl (C=O) groups is 1. The van der Waals surface area contributed by atoms with Crippen molar-refractivity contribution in [3.8, 4) is 5.75 Å². The molecule has 1 aromatic rings. The average molecular weight is 446 g/mol. The van der Waals surface area contributed by atoms with Gasteiger partial charge in [-0.15, -0.1) is 24.0 Å². The van der Waals surface area contributed by atoms with Crippen LogP contribution in [-0.4, -0.2) is 37.0 Å². The lowest BCUT2D eigenvalue weighted by Gasteiger charge is -2.31. The number of likely N-dealkylation sites (tertiary alicyclic amines) is 1. The molecule has 0 saturated carbocycles. The molecule has 3 N–H and O–H groups in total. The van der Waals surface area contributed by atoms with Crippen molar-refractivity contribution in [3.05, 3.63) is 23.8 Å². The van der Waals surface area contributed by atoms with Gasteiger partial charge in [-0.2, -0.15) is 0 Å². The van der Waals surface area contributed by atoms with Gasteiger partial charge in [0.25, 0.3) is 0 Å². The number of nitrogens with one attached hydrogen (secondary N) is 1. The van der Waals surface area contributed by atoms with E-state index >= 15 is 0 Å². The van der Waals surface area contributed by atoms with Crippen molar-refractivity contribution in [2.75, 3.05) is 25.5 Å². The van der Waals surface area contributed by atoms with Gasteiger partial charge < -0.3 is 20.7 Å². The van der Waals surface area contributed by atoms with E-state index in [1.165, 1.54) is 6.92 Å². The Morgan fingerprint density at radius 2 is 2.08 bits per heavy atom. The van der Waals surface area contributed by atoms with E-state index in [4.69, 9.17) is 10.5 Å². The highest BCUT2D eigenvalue weighted by molar-refractivity contribution is 14.0. The summed E-state index contributed by atoms with van der Waals surface area (Å²) in [4.78, 5) is 17.9. The molecule has 1 aromatic carbocycles. The molecule has 2 rings (SSSR count). The van der Waals surface area contributed by atoms with E-state index in [1.54, 1.807) is 7.11 Å². The molecule has 1 saturated heterocycles. The zero-order valence-electron chi connectivity index (χ0n) is 14.5. The highest BCUT2D eigenvalue weighted by Gasteiger charge is 2.16. The Morgan fingerprint density at radius 3 is 2.67 bits per heavy atom. The van der Waals surface area contributed by atoms with Crippen LogP contribution in [0.15, 0.2) is 23.2 Å². The molecule has 7 heteroatoms. The number of methoxy groups -OCH3 is 1. The number of piperidine rings is 1. The number of hydrogen-bond donors (Lipinski definition) is 2. The summed E-state index contributed by atoms with van der Waals surface area (Å²) in [6, 6.07) is 5.63. The van der Waals surface area contributed by atoms with Crippen LogP contribution in [0.25, 0.3) is 0 Å². The quantitative estimate of drug-likeness (QED) is 0.424. The molecule has 0 aromatic heterocycles. The molecular formula is C17H27IN4O2. The second kappa shape index (κ2) is 9.71. The van der Waals surface area contributed by atoms with Gasteiger partial charge in [-0.05, 0) is 36.5 Å². The Labute approximate surface area is 160 Å². The summed E-state index contributed by atoms with van der Waals surface area (Å²) in [6.45, 7) is 6.16. The third-order valence-electron chi connectivity index (χ3n) is 4.11. The number of halogens is 1. The van der Waals surface area contributed by atoms with E-state index in [2.05, 4.69) is 22.1 Å². The second-order valence-corrected chi connectivity index (χ2v) is 6.06. The van der Waals surface area contributed by atoms with Crippen LogP contribution in [-0.2, 0) is 11.3 Å². The molecular weight excluding hydrogens is 419 g/mol. The van der Waals surface area contributed by atoms with Gasteiger partial charge in [0.15, 0.2) is 5.96 Å². The predicted molar refractivity (Wildman–Crippen MR) is 108 cm³/mol. The Bertz CT molecular complexity index is 584. The first kappa shape index (κ1) is 20.5. The van der Waals surface area contributed by atoms with Crippen molar-refractivity contribution in [1.29, 1.82) is 0 Å². The first-order valence-electron chi connectivity index (χ1n) is 7.99. The minimum atomic E-state index is -0.133. The van der Waals surface area contributed by atoms with E-state index in [-0.39, 0.29) is 29.9 Å². The molecule has 24 heavy (non-hydrogen) atoms. The number of benzene rings is 1. The average Bonchev–Trinajstić information content (AvgIpc) is 2.53. The van der Waals surface area contributed by atoms with Crippen LogP contribution in [0.3, 0.4) is 0 Å². The summed E-state index contributed by atoms with van der Waals surface area (Å²) >= 11 is 0. The summed E-state index contributed by atoms with van der Waals surface area (Å²) < 4.78 is 5.25. The molecule has 1 fully saturated rings. The Morgan fingerprint density at radius 1 is 1.42 bits per heavy atom. The monoisotopic (exact) mass is 446 g/mol. The third kappa shape index (κ3) is 5.85. The molecule has 1 aliphatic rings. The minimum Gasteiger partial charge on any atom is -0.495 e. The zero-order chi connectivity index (χ0) is 16.8. The van der Waals surface area contributed by atoms with Gasteiger partial charge >= 0.3 is 0 Å². The lowest BCUT2D eigenvalue weighted by molar-refractivity contribution is -0.114. The predicted octanol–water partition coefficient (Wildman–Crippen LogP) is 2.82. The molecule has 1 heterocycles. The summed E-state index contributed by atoms with van der Waals surface area (Å²) in [7, 11) is 1.58. The van der Waals surface area contributed by atoms with E-state index in [9.17, 15) is 4.79 Å². The van der Waals surface area contributed by atoms with E-state index < -0.39 is 0 Å². The normalized spacial score (nSPS) is 15.6. The highest BCUT2D eigenvalue weighted by Crippen LogP contribution is 2.26. The van der Waals surface area contributed by atoms with Gasteiger partial charge in [-0.25, -0.2) is 4.99 Å². The highest BCUT2D eigenvalue weighted by atomic mass is 127. The molecule has 0 radical (unpaired) electrons. The molecule has 134 valence electrons. The minimum absolute atomic E-state index is 0. The number of hydrogen-bond acceptors (Lipinski definition) is 3. The first-order chi connectivity index (χ1) is 11.0. The summed E-state index contributed by atoms with van der Waals surface area (Å²) in [5.41, 5.74) is 7.72. The molecule has 0 bridgehead atoms. The number of anilines is 1. The second-order valence-electron chi connectivity index (χ2n) is 6.06. The van der Waals surface area contributed by atoms with Crippen LogP contribution < -0.4 is 15.8 Å². The van der Waals surface area contributed by atoms with E-state index in [0.717, 1.165) is 37.4 Å². The molecule has 1 aliphatic heterocycles. The lowest BCUT2D eigenvalue weighted by atomic mass is 10.00. The Kier molecular flexibility index (Phi) is 8.30. The maximum absolute atomic E-state index is 11.3. The molecule has 0 atom stereocenters. The van der Waals surface area contributed by atoms with Crippen molar-refractivity contribution in [1.82, 2.24) is 4.90 Å². The lowest BCUT2D eigenvalue weighted by Crippen LogP contribution is -2.42. The van der Waals surface area contributed by atoms with Crippen molar-refractivity contribution in [3.63, 3.8) is 0 Å². The van der Waals surface area contributed by atoms with Crippen molar-refractivity contribution in [2.24, 2.45) is 16.6 Å². The number of rotatable bonds is 4. The standard InChI is InChI=1S/C17H26N4O2.HI/c1-12-6-8-21(9-7-12)17(18)19-11-14-4-5-16(23-3)15(10-14)20-13(2)22;/h4-5,10,12H,6-9,11H2,1-3H3,(H2,18,19)(H,20,22);1H. The third-order valence-corrected chi connectivity index (χ3v) is 4.11. The van der Waals surface area contributed by atoms with Crippen LogP contribution in [0.2, 0.25) is 0 Å². The number of ether oxygens (including phenoxy) is 1. The van der Waals surface area contributed by atoms with Gasteiger partial charge in [0.1, 0.15) is 5.75 Å². The number of guanidine groups is 1. The van der Waals surface area contributed by atoms with Crippen LogP contribution >= 0.6 is 24.0 Å². The topological polar surface area (TPSA) is 80.0 Å². The first-order valence-corrected chi connectivity index (χ1v) is 7.99. The number of amides is 1. The number of nitrogens with zero attached hydrogens (tertiary/aromatic N) is 2. The summed E-state index contributed by atoms with van der Waals surface area (Å²) in [6.07, 6.45) is 2.32. The fourth-order valence-corrected chi connectivity index (χ4v) is 2.65. The molecule has 0 unspecified atom stereocenters. The van der Waals surface area contributed by atoms with Crippen LogP contribution in [0.5, 0.6) is 5.75 Å². The Hall–Kier alpha value is -1.51. The van der Waals surface area contributed by atoms with Gasteiger partial charge in [0.05, 0.1) is 19.3 Å². The van der Waals surface area contributed by atoms with Crippen molar-refractivity contribution >= 4 is 41.5 Å². The maximum Gasteiger partial charge on any atom is 0.221 e. The van der Waals surface area contributed by atoms with Crippen molar-refractivity contribution in [2.45, 2.75) is 33.2 Å². The van der Waals surface area contributed by atoms with Crippen LogP contribution in [0.4, 0.5) is 5.69 Å². The molecule has 6 nitrogen and oxygen atoms in total. The van der Waals surface area contributed by atoms with Crippen LogP contribution in [0.1, 0.15) is 32.3 Å². The van der Waals surface area contributed by atoms with Crippen molar-refractivity contribution < 1.29 is 9.53 Å². The fourth-order valence-electron chi connectivity index (χ4n) is 2.65. The van der Waals surface area contributed by atoms with Crippen LogP contribution in [0, 0.1) is 5.92 Å². The van der Waals surface area contributed by atoms with Gasteiger partial charge in [0.2, 0.25) is 5.91 Å². The smallest absolute Gasteiger partial charge is 0.221 e. The Balaban J connectivity index is 0.00000288. The zero-order valence-corrected chi connectivity index (χ0v) is 16.9. The SMILES string of the molecule is COc1ccc(CN=C(N)N2CCC(C)CC2)cc1NC(C)=O.I. The largest absolute Gasteiger partial charge is 0.495 e. The van der Waals surface area contributed by atoms with Gasteiger partial charge in [0, 0.05) is 20.0 Å². The fraction of sp³-hybridized carbons (Fsp3) is 0.529. The molecule has 0 aliphatic carbocycles. The van der Waals surface area contributed by atoms with Gasteiger partial charge in [-0.3, -0.25) is 4.79 Å². The maximum atomic E-state index is 11.3. The number of aliphatic imine (C=N–C) groups is 1. The summed E-state index contributed by atoms with van der Waals surface area (Å²) in [5.74, 6) is 1.85. The number of nitrogens with two attached hydrogens (primary N) is 1. The van der Waals surface area contributed by atoms with E-state index in [1.807, 2.05) is 18.2 Å². The van der Waals surface area contributed by atoms with E-state index in [0.29, 0.717) is 23.9 Å². The molecule has 0 spiro atoms. The van der Waals surface area contributed by atoms with Gasteiger partial charge in [-0.1, -0.05) is 13.0 Å².